The summed E-state index contributed by atoms with van der Waals surface area (Å²) in [5, 5.41) is 8.73. The van der Waals surface area contributed by atoms with Crippen molar-refractivity contribution in [3.63, 3.8) is 0 Å². The Morgan fingerprint density at radius 3 is 2.64 bits per heavy atom. The summed E-state index contributed by atoms with van der Waals surface area (Å²) in [6.07, 6.45) is 2.53. The highest BCUT2D eigenvalue weighted by molar-refractivity contribution is 6.33. The van der Waals surface area contributed by atoms with E-state index in [0.29, 0.717) is 30.2 Å². The van der Waals surface area contributed by atoms with Gasteiger partial charge in [0, 0.05) is 32.7 Å². The molecule has 0 saturated carbocycles. The van der Waals surface area contributed by atoms with E-state index < -0.39 is 0 Å². The van der Waals surface area contributed by atoms with Crippen molar-refractivity contribution < 1.29 is 9.59 Å². The Kier molecular flexibility index (Phi) is 8.01. The Bertz CT molecular complexity index is 582. The summed E-state index contributed by atoms with van der Waals surface area (Å²) in [6, 6.07) is 6.66. The second-order valence-corrected chi connectivity index (χ2v) is 6.87. The molecule has 138 valence electrons. The number of carbonyl (C=O) groups excluding carboxylic acids is 2. The van der Waals surface area contributed by atoms with Crippen molar-refractivity contribution in [2.24, 2.45) is 5.92 Å². The first-order valence-corrected chi connectivity index (χ1v) is 9.21. The molecule has 0 radical (unpaired) electrons. The first-order chi connectivity index (χ1) is 12.1. The third-order valence-corrected chi connectivity index (χ3v) is 4.60. The summed E-state index contributed by atoms with van der Waals surface area (Å²) < 4.78 is 0. The first-order valence-electron chi connectivity index (χ1n) is 8.83. The SMILES string of the molecule is CC1CCCN(CCNC(=O)NCCNC(=O)c2ccccc2Cl)C1. The molecular formula is C18H27ClN4O2. The Morgan fingerprint density at radius 2 is 1.88 bits per heavy atom. The fraction of sp³-hybridized carbons (Fsp3) is 0.556. The average Bonchev–Trinajstić information content (AvgIpc) is 2.59. The minimum absolute atomic E-state index is 0.211. The van der Waals surface area contributed by atoms with Crippen LogP contribution in [0.5, 0.6) is 0 Å². The second-order valence-electron chi connectivity index (χ2n) is 6.47. The molecule has 25 heavy (non-hydrogen) atoms. The fourth-order valence-corrected chi connectivity index (χ4v) is 3.19. The lowest BCUT2D eigenvalue weighted by molar-refractivity contribution is 0.0954. The summed E-state index contributed by atoms with van der Waals surface area (Å²) >= 11 is 5.97. The lowest BCUT2D eigenvalue weighted by Gasteiger charge is -2.30. The van der Waals surface area contributed by atoms with Crippen LogP contribution >= 0.6 is 11.6 Å². The Morgan fingerprint density at radius 1 is 1.16 bits per heavy atom. The number of urea groups is 1. The van der Waals surface area contributed by atoms with Gasteiger partial charge in [-0.05, 0) is 37.4 Å². The van der Waals surface area contributed by atoms with Crippen LogP contribution in [0, 0.1) is 5.92 Å². The minimum Gasteiger partial charge on any atom is -0.350 e. The van der Waals surface area contributed by atoms with E-state index in [-0.39, 0.29) is 11.9 Å². The topological polar surface area (TPSA) is 73.5 Å². The summed E-state index contributed by atoms with van der Waals surface area (Å²) in [7, 11) is 0. The number of hydrogen-bond acceptors (Lipinski definition) is 3. The van der Waals surface area contributed by atoms with Gasteiger partial charge in [0.25, 0.3) is 5.91 Å². The molecule has 1 aromatic rings. The summed E-state index contributed by atoms with van der Waals surface area (Å²) in [4.78, 5) is 26.1. The molecular weight excluding hydrogens is 340 g/mol. The third kappa shape index (κ3) is 6.92. The molecule has 1 heterocycles. The normalized spacial score (nSPS) is 17.8. The van der Waals surface area contributed by atoms with E-state index in [2.05, 4.69) is 27.8 Å². The quantitative estimate of drug-likeness (QED) is 0.647. The van der Waals surface area contributed by atoms with Crippen LogP contribution in [0.2, 0.25) is 5.02 Å². The number of nitrogens with zero attached hydrogens (tertiary/aromatic N) is 1. The van der Waals surface area contributed by atoms with Gasteiger partial charge in [-0.1, -0.05) is 30.7 Å². The maximum atomic E-state index is 12.0. The van der Waals surface area contributed by atoms with Crippen LogP contribution in [0.3, 0.4) is 0 Å². The molecule has 1 saturated heterocycles. The van der Waals surface area contributed by atoms with Crippen molar-refractivity contribution in [2.75, 3.05) is 39.3 Å². The number of benzene rings is 1. The molecule has 1 fully saturated rings. The van der Waals surface area contributed by atoms with Gasteiger partial charge in [0.15, 0.2) is 0 Å². The lowest BCUT2D eigenvalue weighted by Crippen LogP contribution is -2.44. The third-order valence-electron chi connectivity index (χ3n) is 4.27. The zero-order chi connectivity index (χ0) is 18.1. The molecule has 1 atom stereocenters. The van der Waals surface area contributed by atoms with Gasteiger partial charge in [0.1, 0.15) is 0 Å². The molecule has 6 nitrogen and oxygen atoms in total. The minimum atomic E-state index is -0.243. The number of halogens is 1. The van der Waals surface area contributed by atoms with E-state index in [9.17, 15) is 9.59 Å². The van der Waals surface area contributed by atoms with Gasteiger partial charge < -0.3 is 20.9 Å². The second kappa shape index (κ2) is 10.3. The predicted molar refractivity (Wildman–Crippen MR) is 100 cm³/mol. The van der Waals surface area contributed by atoms with E-state index in [1.807, 2.05) is 0 Å². The van der Waals surface area contributed by atoms with Gasteiger partial charge in [-0.3, -0.25) is 4.79 Å². The first kappa shape index (κ1) is 19.5. The number of likely N-dealkylation sites (tertiary alicyclic amines) is 1. The van der Waals surface area contributed by atoms with Gasteiger partial charge in [-0.15, -0.1) is 0 Å². The van der Waals surface area contributed by atoms with Gasteiger partial charge >= 0.3 is 6.03 Å². The molecule has 1 aliphatic heterocycles. The highest BCUT2D eigenvalue weighted by atomic mass is 35.5. The standard InChI is InChI=1S/C18H27ClN4O2/c1-14-5-4-11-23(13-14)12-10-22-18(25)21-9-8-20-17(24)15-6-2-3-7-16(15)19/h2-3,6-7,14H,4-5,8-13H2,1H3,(H,20,24)(H2,21,22,25). The predicted octanol–water partition coefficient (Wildman–Crippen LogP) is 2.10. The Balaban J connectivity index is 1.55. The van der Waals surface area contributed by atoms with Crippen molar-refractivity contribution in [3.8, 4) is 0 Å². The van der Waals surface area contributed by atoms with Crippen LogP contribution in [-0.2, 0) is 0 Å². The van der Waals surface area contributed by atoms with Gasteiger partial charge in [0.2, 0.25) is 0 Å². The van der Waals surface area contributed by atoms with Crippen molar-refractivity contribution in [1.29, 1.82) is 0 Å². The van der Waals surface area contributed by atoms with Crippen LogP contribution in [0.4, 0.5) is 4.79 Å². The average molecular weight is 367 g/mol. The zero-order valence-electron chi connectivity index (χ0n) is 14.7. The molecule has 0 spiro atoms. The van der Waals surface area contributed by atoms with E-state index in [4.69, 9.17) is 11.6 Å². The zero-order valence-corrected chi connectivity index (χ0v) is 15.4. The number of piperidine rings is 1. The maximum absolute atomic E-state index is 12.0. The lowest BCUT2D eigenvalue weighted by atomic mass is 10.0. The number of hydrogen-bond donors (Lipinski definition) is 3. The van der Waals surface area contributed by atoms with E-state index in [0.717, 1.165) is 25.6 Å². The Hall–Kier alpha value is -1.79. The van der Waals surface area contributed by atoms with Crippen molar-refractivity contribution in [3.05, 3.63) is 34.9 Å². The molecule has 3 amide bonds. The molecule has 0 aliphatic carbocycles. The molecule has 1 unspecified atom stereocenters. The molecule has 1 aromatic carbocycles. The summed E-state index contributed by atoms with van der Waals surface area (Å²) in [5.74, 6) is 0.497. The molecule has 2 rings (SSSR count). The van der Waals surface area contributed by atoms with Gasteiger partial charge in [-0.25, -0.2) is 4.79 Å². The van der Waals surface area contributed by atoms with Crippen LogP contribution in [-0.4, -0.2) is 56.1 Å². The van der Waals surface area contributed by atoms with E-state index in [1.165, 1.54) is 12.8 Å². The van der Waals surface area contributed by atoms with Gasteiger partial charge in [0.05, 0.1) is 10.6 Å². The Labute approximate surface area is 154 Å². The van der Waals surface area contributed by atoms with Crippen LogP contribution in [0.15, 0.2) is 24.3 Å². The smallest absolute Gasteiger partial charge is 0.314 e. The molecule has 0 bridgehead atoms. The molecule has 7 heteroatoms. The number of nitrogens with one attached hydrogen (secondary N) is 3. The summed E-state index contributed by atoms with van der Waals surface area (Å²) in [6.45, 7) is 6.71. The van der Waals surface area contributed by atoms with Crippen molar-refractivity contribution >= 4 is 23.5 Å². The van der Waals surface area contributed by atoms with Crippen LogP contribution in [0.1, 0.15) is 30.1 Å². The van der Waals surface area contributed by atoms with Crippen LogP contribution in [0.25, 0.3) is 0 Å². The van der Waals surface area contributed by atoms with E-state index >= 15 is 0 Å². The largest absolute Gasteiger partial charge is 0.350 e. The number of carbonyl (C=O) groups is 2. The highest BCUT2D eigenvalue weighted by Gasteiger charge is 2.15. The summed E-state index contributed by atoms with van der Waals surface area (Å²) in [5.41, 5.74) is 0.435. The fourth-order valence-electron chi connectivity index (χ4n) is 2.97. The molecule has 1 aliphatic rings. The number of amides is 3. The highest BCUT2D eigenvalue weighted by Crippen LogP contribution is 2.15. The molecule has 0 aromatic heterocycles. The molecule has 3 N–H and O–H groups in total. The monoisotopic (exact) mass is 366 g/mol. The van der Waals surface area contributed by atoms with Crippen molar-refractivity contribution in [1.82, 2.24) is 20.9 Å². The number of rotatable bonds is 7. The van der Waals surface area contributed by atoms with Crippen molar-refractivity contribution in [2.45, 2.75) is 19.8 Å². The van der Waals surface area contributed by atoms with Gasteiger partial charge in [-0.2, -0.15) is 0 Å². The van der Waals surface area contributed by atoms with E-state index in [1.54, 1.807) is 24.3 Å². The van der Waals surface area contributed by atoms with Crippen LogP contribution < -0.4 is 16.0 Å². The maximum Gasteiger partial charge on any atom is 0.314 e.